The van der Waals surface area contributed by atoms with Gasteiger partial charge in [-0.05, 0) is 19.9 Å². The summed E-state index contributed by atoms with van der Waals surface area (Å²) < 4.78 is 10.2. The third-order valence-electron chi connectivity index (χ3n) is 3.71. The Balaban J connectivity index is 1.55. The molecular formula is C15H20N4O3. The Morgan fingerprint density at radius 1 is 1.41 bits per heavy atom. The molecule has 0 saturated carbocycles. The van der Waals surface area contributed by atoms with Crippen LogP contribution in [0.4, 0.5) is 0 Å². The Labute approximate surface area is 128 Å². The summed E-state index contributed by atoms with van der Waals surface area (Å²) in [7, 11) is 0. The fourth-order valence-electron chi connectivity index (χ4n) is 2.77. The molecule has 1 aliphatic heterocycles. The van der Waals surface area contributed by atoms with Gasteiger partial charge in [0.05, 0.1) is 11.8 Å². The first-order chi connectivity index (χ1) is 10.6. The number of hydrogen-bond acceptors (Lipinski definition) is 6. The van der Waals surface area contributed by atoms with Gasteiger partial charge in [0.25, 0.3) is 0 Å². The smallest absolute Gasteiger partial charge is 0.227 e. The number of nitrogens with one attached hydrogen (secondary N) is 1. The largest absolute Gasteiger partial charge is 0.472 e. The van der Waals surface area contributed by atoms with Gasteiger partial charge in [-0.25, -0.2) is 0 Å². The first kappa shape index (κ1) is 14.8. The molecule has 0 unspecified atom stereocenters. The number of rotatable bonds is 4. The molecule has 118 valence electrons. The summed E-state index contributed by atoms with van der Waals surface area (Å²) in [4.78, 5) is 18.5. The topological polar surface area (TPSA) is 84.4 Å². The normalized spacial score (nSPS) is 22.0. The minimum Gasteiger partial charge on any atom is -0.472 e. The van der Waals surface area contributed by atoms with E-state index in [1.165, 1.54) is 0 Å². The van der Waals surface area contributed by atoms with Gasteiger partial charge in [-0.2, -0.15) is 4.98 Å². The number of aryl methyl sites for hydroxylation is 1. The van der Waals surface area contributed by atoms with E-state index in [9.17, 15) is 4.79 Å². The van der Waals surface area contributed by atoms with Crippen LogP contribution in [0.1, 0.15) is 26.2 Å². The summed E-state index contributed by atoms with van der Waals surface area (Å²) in [5.74, 6) is 1.09. The van der Waals surface area contributed by atoms with E-state index in [1.54, 1.807) is 18.6 Å². The van der Waals surface area contributed by atoms with Crippen LogP contribution in [0.15, 0.2) is 27.5 Å². The molecule has 3 rings (SSSR count). The Morgan fingerprint density at radius 2 is 2.18 bits per heavy atom. The molecule has 1 aliphatic rings. The second-order valence-electron chi connectivity index (χ2n) is 5.79. The molecule has 1 N–H and O–H groups in total. The maximum atomic E-state index is 12.3. The standard InChI is InChI=1S/C15H20N4O3/c1-10-7-19(8-11(2)16-10)14(20)4-3-13-17-15(18-22-13)12-5-6-21-9-12/h5-6,9-11,16H,3-4,7-8H2,1-2H3/t10-,11-/m1/s1. The average molecular weight is 304 g/mol. The van der Waals surface area contributed by atoms with Crippen molar-refractivity contribution in [3.05, 3.63) is 24.5 Å². The number of nitrogens with zero attached hydrogens (tertiary/aromatic N) is 3. The van der Waals surface area contributed by atoms with Gasteiger partial charge in [-0.1, -0.05) is 5.16 Å². The molecule has 2 aromatic rings. The zero-order valence-electron chi connectivity index (χ0n) is 12.8. The molecule has 7 heteroatoms. The number of aromatic nitrogens is 2. The minimum atomic E-state index is 0.128. The number of piperazine rings is 1. The fraction of sp³-hybridized carbons (Fsp3) is 0.533. The van der Waals surface area contributed by atoms with Crippen LogP contribution in [-0.4, -0.2) is 46.1 Å². The van der Waals surface area contributed by atoms with Gasteiger partial charge in [0.1, 0.15) is 6.26 Å². The molecule has 0 aliphatic carbocycles. The lowest BCUT2D eigenvalue weighted by Crippen LogP contribution is -2.55. The molecule has 3 heterocycles. The van der Waals surface area contributed by atoms with E-state index in [1.807, 2.05) is 4.90 Å². The summed E-state index contributed by atoms with van der Waals surface area (Å²) in [6.45, 7) is 5.66. The van der Waals surface area contributed by atoms with E-state index in [4.69, 9.17) is 8.94 Å². The van der Waals surface area contributed by atoms with Crippen molar-refractivity contribution in [3.8, 4) is 11.4 Å². The van der Waals surface area contributed by atoms with Gasteiger partial charge in [0.15, 0.2) is 0 Å². The monoisotopic (exact) mass is 304 g/mol. The Morgan fingerprint density at radius 3 is 2.86 bits per heavy atom. The molecule has 0 spiro atoms. The molecule has 0 bridgehead atoms. The fourth-order valence-corrected chi connectivity index (χ4v) is 2.77. The quantitative estimate of drug-likeness (QED) is 0.921. The Kier molecular flexibility index (Phi) is 4.24. The van der Waals surface area contributed by atoms with Crippen molar-refractivity contribution in [3.63, 3.8) is 0 Å². The van der Waals surface area contributed by atoms with Gasteiger partial charge in [-0.3, -0.25) is 4.79 Å². The average Bonchev–Trinajstić information content (AvgIpc) is 3.14. The minimum absolute atomic E-state index is 0.128. The van der Waals surface area contributed by atoms with Crippen molar-refractivity contribution in [1.82, 2.24) is 20.4 Å². The van der Waals surface area contributed by atoms with Crippen LogP contribution in [0.3, 0.4) is 0 Å². The lowest BCUT2D eigenvalue weighted by atomic mass is 10.1. The van der Waals surface area contributed by atoms with Crippen molar-refractivity contribution in [2.24, 2.45) is 0 Å². The van der Waals surface area contributed by atoms with Gasteiger partial charge >= 0.3 is 0 Å². The lowest BCUT2D eigenvalue weighted by molar-refractivity contribution is -0.133. The van der Waals surface area contributed by atoms with Crippen LogP contribution in [-0.2, 0) is 11.2 Å². The van der Waals surface area contributed by atoms with E-state index in [2.05, 4.69) is 29.3 Å². The predicted octanol–water partition coefficient (Wildman–Crippen LogP) is 1.47. The molecule has 7 nitrogen and oxygen atoms in total. The van der Waals surface area contributed by atoms with Crippen molar-refractivity contribution in [2.75, 3.05) is 13.1 Å². The van der Waals surface area contributed by atoms with Gasteiger partial charge < -0.3 is 19.2 Å². The molecular weight excluding hydrogens is 284 g/mol. The highest BCUT2D eigenvalue weighted by molar-refractivity contribution is 5.76. The highest BCUT2D eigenvalue weighted by Gasteiger charge is 2.24. The van der Waals surface area contributed by atoms with Crippen LogP contribution in [0.25, 0.3) is 11.4 Å². The molecule has 1 saturated heterocycles. The second-order valence-corrected chi connectivity index (χ2v) is 5.79. The van der Waals surface area contributed by atoms with Crippen LogP contribution < -0.4 is 5.32 Å². The molecule has 22 heavy (non-hydrogen) atoms. The SMILES string of the molecule is C[C@@H]1CN(C(=O)CCc2nc(-c3ccoc3)no2)C[C@@H](C)N1. The van der Waals surface area contributed by atoms with E-state index in [0.29, 0.717) is 36.6 Å². The van der Waals surface area contributed by atoms with Gasteiger partial charge in [-0.15, -0.1) is 0 Å². The highest BCUT2D eigenvalue weighted by Crippen LogP contribution is 2.16. The van der Waals surface area contributed by atoms with E-state index in [0.717, 1.165) is 18.7 Å². The summed E-state index contributed by atoms with van der Waals surface area (Å²) in [5.41, 5.74) is 0.770. The van der Waals surface area contributed by atoms with Crippen LogP contribution in [0.2, 0.25) is 0 Å². The summed E-state index contributed by atoms with van der Waals surface area (Å²) in [6.07, 6.45) is 3.95. The third-order valence-corrected chi connectivity index (χ3v) is 3.71. The Bertz CT molecular complexity index is 613. The van der Waals surface area contributed by atoms with Crippen molar-refractivity contribution in [1.29, 1.82) is 0 Å². The first-order valence-corrected chi connectivity index (χ1v) is 7.51. The lowest BCUT2D eigenvalue weighted by Gasteiger charge is -2.36. The molecule has 1 fully saturated rings. The van der Waals surface area contributed by atoms with E-state index in [-0.39, 0.29) is 5.91 Å². The number of furan rings is 1. The molecule has 2 atom stereocenters. The van der Waals surface area contributed by atoms with Crippen molar-refractivity contribution in [2.45, 2.75) is 38.8 Å². The summed E-state index contributed by atoms with van der Waals surface area (Å²) in [5, 5.41) is 7.31. The summed E-state index contributed by atoms with van der Waals surface area (Å²) >= 11 is 0. The molecule has 0 aromatic carbocycles. The predicted molar refractivity (Wildman–Crippen MR) is 79.0 cm³/mol. The maximum Gasteiger partial charge on any atom is 0.227 e. The maximum absolute atomic E-state index is 12.3. The van der Waals surface area contributed by atoms with Crippen molar-refractivity contribution < 1.29 is 13.7 Å². The van der Waals surface area contributed by atoms with Crippen LogP contribution >= 0.6 is 0 Å². The van der Waals surface area contributed by atoms with E-state index < -0.39 is 0 Å². The number of amides is 1. The summed E-state index contributed by atoms with van der Waals surface area (Å²) in [6, 6.07) is 2.41. The van der Waals surface area contributed by atoms with Gasteiger partial charge in [0, 0.05) is 38.0 Å². The van der Waals surface area contributed by atoms with E-state index >= 15 is 0 Å². The van der Waals surface area contributed by atoms with Crippen LogP contribution in [0.5, 0.6) is 0 Å². The number of carbonyl (C=O) groups is 1. The third kappa shape index (κ3) is 3.36. The zero-order valence-corrected chi connectivity index (χ0v) is 12.8. The first-order valence-electron chi connectivity index (χ1n) is 7.51. The Hall–Kier alpha value is -2.15. The van der Waals surface area contributed by atoms with Gasteiger partial charge in [0.2, 0.25) is 17.6 Å². The molecule has 1 amide bonds. The molecule has 2 aromatic heterocycles. The zero-order chi connectivity index (χ0) is 15.5. The highest BCUT2D eigenvalue weighted by atomic mass is 16.5. The van der Waals surface area contributed by atoms with Crippen LogP contribution in [0, 0.1) is 0 Å². The molecule has 0 radical (unpaired) electrons. The number of carbonyl (C=O) groups excluding carboxylic acids is 1. The number of hydrogen-bond donors (Lipinski definition) is 1. The second kappa shape index (κ2) is 6.31. The van der Waals surface area contributed by atoms with Crippen molar-refractivity contribution >= 4 is 5.91 Å².